The molecule has 1 heterocycles. The zero-order valence-electron chi connectivity index (χ0n) is 11.5. The van der Waals surface area contributed by atoms with Crippen LogP contribution in [0.3, 0.4) is 0 Å². The molecule has 0 aromatic heterocycles. The minimum absolute atomic E-state index is 0.342. The second kappa shape index (κ2) is 5.47. The van der Waals surface area contributed by atoms with E-state index in [-0.39, 0.29) is 0 Å². The van der Waals surface area contributed by atoms with Gasteiger partial charge in [-0.3, -0.25) is 0 Å². The average Bonchev–Trinajstić information content (AvgIpc) is 2.58. The first kappa shape index (κ1) is 13.5. The topological polar surface area (TPSA) is 23.5 Å². The van der Waals surface area contributed by atoms with Crippen LogP contribution < -0.4 is 0 Å². The zero-order chi connectivity index (χ0) is 14.1. The number of fused-ring (bicyclic) bond motifs is 1. The van der Waals surface area contributed by atoms with Crippen LogP contribution in [-0.2, 0) is 6.54 Å². The van der Waals surface area contributed by atoms with Crippen LogP contribution in [0.2, 0.25) is 5.02 Å². The molecule has 2 aromatic carbocycles. The van der Waals surface area contributed by atoms with Crippen LogP contribution in [0.1, 0.15) is 29.0 Å². The molecule has 0 spiro atoms. The highest BCUT2D eigenvalue weighted by Gasteiger charge is 2.22. The lowest BCUT2D eigenvalue weighted by Gasteiger charge is -2.18. The van der Waals surface area contributed by atoms with Crippen molar-refractivity contribution in [2.45, 2.75) is 18.9 Å². The summed E-state index contributed by atoms with van der Waals surface area (Å²) in [6.07, 6.45) is 1.08. The molecule has 3 rings (SSSR count). The van der Waals surface area contributed by atoms with Crippen molar-refractivity contribution in [3.8, 4) is 5.75 Å². The highest BCUT2D eigenvalue weighted by atomic mass is 35.5. The Bertz CT molecular complexity index is 609. The van der Waals surface area contributed by atoms with Gasteiger partial charge in [-0.15, -0.1) is 0 Å². The average molecular weight is 288 g/mol. The van der Waals surface area contributed by atoms with Crippen molar-refractivity contribution >= 4 is 11.6 Å². The highest BCUT2D eigenvalue weighted by Crippen LogP contribution is 2.35. The van der Waals surface area contributed by atoms with Crippen LogP contribution in [0.15, 0.2) is 42.5 Å². The molecule has 0 fully saturated rings. The predicted octanol–water partition coefficient (Wildman–Crippen LogP) is 4.01. The van der Waals surface area contributed by atoms with Crippen molar-refractivity contribution in [1.29, 1.82) is 0 Å². The van der Waals surface area contributed by atoms with E-state index in [0.717, 1.165) is 24.5 Å². The highest BCUT2D eigenvalue weighted by molar-refractivity contribution is 6.30. The largest absolute Gasteiger partial charge is 0.508 e. The lowest BCUT2D eigenvalue weighted by Crippen LogP contribution is -2.17. The fourth-order valence-electron chi connectivity index (χ4n) is 2.99. The summed E-state index contributed by atoms with van der Waals surface area (Å²) >= 11 is 5.99. The smallest absolute Gasteiger partial charge is 0.115 e. The molecule has 0 bridgehead atoms. The SMILES string of the molecule is CN1CC[C@H](c2ccc(Cl)cc2)c2ccc(O)cc2C1. The number of benzene rings is 2. The van der Waals surface area contributed by atoms with Gasteiger partial charge in [0, 0.05) is 17.5 Å². The fourth-order valence-corrected chi connectivity index (χ4v) is 3.11. The number of rotatable bonds is 1. The maximum Gasteiger partial charge on any atom is 0.115 e. The first-order valence-electron chi connectivity index (χ1n) is 6.89. The number of halogens is 1. The van der Waals surface area contributed by atoms with Gasteiger partial charge in [0.2, 0.25) is 0 Å². The van der Waals surface area contributed by atoms with E-state index in [1.165, 1.54) is 16.7 Å². The molecule has 0 aliphatic carbocycles. The molecule has 1 aliphatic heterocycles. The van der Waals surface area contributed by atoms with Gasteiger partial charge >= 0.3 is 0 Å². The molecule has 0 unspecified atom stereocenters. The van der Waals surface area contributed by atoms with Gasteiger partial charge in [-0.05, 0) is 61.0 Å². The van der Waals surface area contributed by atoms with Crippen molar-refractivity contribution in [2.75, 3.05) is 13.6 Å². The van der Waals surface area contributed by atoms with Crippen molar-refractivity contribution in [3.63, 3.8) is 0 Å². The molecule has 3 heteroatoms. The van der Waals surface area contributed by atoms with E-state index in [1.54, 1.807) is 6.07 Å². The van der Waals surface area contributed by atoms with Crippen LogP contribution in [0.4, 0.5) is 0 Å². The Labute approximate surface area is 124 Å². The van der Waals surface area contributed by atoms with Gasteiger partial charge in [-0.2, -0.15) is 0 Å². The lowest BCUT2D eigenvalue weighted by atomic mass is 9.86. The zero-order valence-corrected chi connectivity index (χ0v) is 12.3. The molecule has 1 N–H and O–H groups in total. The second-order valence-electron chi connectivity index (χ2n) is 5.51. The normalized spacial score (nSPS) is 19.4. The number of phenolic OH excluding ortho intramolecular Hbond substituents is 1. The van der Waals surface area contributed by atoms with Gasteiger partial charge in [0.25, 0.3) is 0 Å². The van der Waals surface area contributed by atoms with E-state index in [9.17, 15) is 5.11 Å². The Hall–Kier alpha value is -1.51. The van der Waals surface area contributed by atoms with Crippen molar-refractivity contribution in [3.05, 3.63) is 64.2 Å². The van der Waals surface area contributed by atoms with Gasteiger partial charge < -0.3 is 10.0 Å². The molecular formula is C17H18ClNO. The summed E-state index contributed by atoms with van der Waals surface area (Å²) in [7, 11) is 2.12. The molecule has 0 saturated carbocycles. The number of nitrogens with zero attached hydrogens (tertiary/aromatic N) is 1. The van der Waals surface area contributed by atoms with Crippen LogP contribution in [0, 0.1) is 0 Å². The lowest BCUT2D eigenvalue weighted by molar-refractivity contribution is 0.328. The van der Waals surface area contributed by atoms with E-state index in [0.29, 0.717) is 11.7 Å². The molecule has 0 radical (unpaired) electrons. The predicted molar refractivity (Wildman–Crippen MR) is 82.4 cm³/mol. The Morgan fingerprint density at radius 2 is 1.90 bits per heavy atom. The maximum absolute atomic E-state index is 9.72. The molecule has 1 atom stereocenters. The number of phenols is 1. The van der Waals surface area contributed by atoms with Gasteiger partial charge in [0.05, 0.1) is 0 Å². The van der Waals surface area contributed by atoms with E-state index >= 15 is 0 Å². The number of hydrogen-bond acceptors (Lipinski definition) is 2. The van der Waals surface area contributed by atoms with E-state index < -0.39 is 0 Å². The summed E-state index contributed by atoms with van der Waals surface area (Å²) in [4.78, 5) is 2.30. The van der Waals surface area contributed by atoms with E-state index in [1.807, 2.05) is 18.2 Å². The van der Waals surface area contributed by atoms with Crippen LogP contribution >= 0.6 is 11.6 Å². The molecule has 20 heavy (non-hydrogen) atoms. The molecule has 1 aliphatic rings. The minimum atomic E-state index is 0.342. The quantitative estimate of drug-likeness (QED) is 0.856. The number of hydrogen-bond donors (Lipinski definition) is 1. The maximum atomic E-state index is 9.72. The first-order chi connectivity index (χ1) is 9.63. The standard InChI is InChI=1S/C17H18ClNO/c1-19-9-8-17(12-2-4-14(18)5-3-12)16-7-6-15(20)10-13(16)11-19/h2-7,10,17,20H,8-9,11H2,1H3/t17-/m1/s1. The van der Waals surface area contributed by atoms with E-state index in [2.05, 4.69) is 30.1 Å². The van der Waals surface area contributed by atoms with Gasteiger partial charge in [-0.1, -0.05) is 29.8 Å². The van der Waals surface area contributed by atoms with Crippen LogP contribution in [0.25, 0.3) is 0 Å². The molecule has 2 nitrogen and oxygen atoms in total. The second-order valence-corrected chi connectivity index (χ2v) is 5.95. The molecule has 104 valence electrons. The van der Waals surface area contributed by atoms with Gasteiger partial charge in [0.15, 0.2) is 0 Å². The Balaban J connectivity index is 2.05. The Kier molecular flexibility index (Phi) is 3.68. The summed E-state index contributed by atoms with van der Waals surface area (Å²) in [5.74, 6) is 0.710. The van der Waals surface area contributed by atoms with Gasteiger partial charge in [0.1, 0.15) is 5.75 Å². The van der Waals surface area contributed by atoms with Crippen LogP contribution in [0.5, 0.6) is 5.75 Å². The summed E-state index contributed by atoms with van der Waals surface area (Å²) in [5.41, 5.74) is 3.82. The van der Waals surface area contributed by atoms with Crippen molar-refractivity contribution < 1.29 is 5.11 Å². The fraction of sp³-hybridized carbons (Fsp3) is 0.294. The third kappa shape index (κ3) is 2.67. The van der Waals surface area contributed by atoms with Crippen molar-refractivity contribution in [1.82, 2.24) is 4.90 Å². The molecule has 0 saturated heterocycles. The van der Waals surface area contributed by atoms with Crippen molar-refractivity contribution in [2.24, 2.45) is 0 Å². The Morgan fingerprint density at radius 3 is 2.65 bits per heavy atom. The van der Waals surface area contributed by atoms with E-state index in [4.69, 9.17) is 11.6 Å². The monoisotopic (exact) mass is 287 g/mol. The Morgan fingerprint density at radius 1 is 1.15 bits per heavy atom. The number of aromatic hydroxyl groups is 1. The molecule has 0 amide bonds. The summed E-state index contributed by atoms with van der Waals surface area (Å²) in [5, 5.41) is 10.5. The summed E-state index contributed by atoms with van der Waals surface area (Å²) in [6.45, 7) is 1.93. The molecular weight excluding hydrogens is 270 g/mol. The summed E-state index contributed by atoms with van der Waals surface area (Å²) < 4.78 is 0. The summed E-state index contributed by atoms with van der Waals surface area (Å²) in [6, 6.07) is 13.8. The first-order valence-corrected chi connectivity index (χ1v) is 7.27. The van der Waals surface area contributed by atoms with Gasteiger partial charge in [-0.25, -0.2) is 0 Å². The minimum Gasteiger partial charge on any atom is -0.508 e. The molecule has 2 aromatic rings. The van der Waals surface area contributed by atoms with Crippen LogP contribution in [-0.4, -0.2) is 23.6 Å². The third-order valence-corrected chi connectivity index (χ3v) is 4.27. The third-order valence-electron chi connectivity index (χ3n) is 4.01.